The SMILES string of the molecule is CC.Cn1nc(-c2ccc(C(=O)NCc3cccnc3)s2)cc1C(F)(F)F. The monoisotopic (exact) mass is 396 g/mol. The number of amides is 1. The molecule has 1 amide bonds. The van der Waals surface area contributed by atoms with Gasteiger partial charge in [0.25, 0.3) is 5.91 Å². The van der Waals surface area contributed by atoms with Crippen molar-refractivity contribution in [2.45, 2.75) is 26.6 Å². The Morgan fingerprint density at radius 2 is 2.00 bits per heavy atom. The second-order valence-electron chi connectivity index (χ2n) is 5.24. The molecule has 0 aromatic carbocycles. The highest BCUT2D eigenvalue weighted by molar-refractivity contribution is 7.17. The van der Waals surface area contributed by atoms with Crippen molar-refractivity contribution < 1.29 is 18.0 Å². The molecule has 0 saturated carbocycles. The van der Waals surface area contributed by atoms with Crippen LogP contribution in [-0.4, -0.2) is 20.7 Å². The molecule has 0 aliphatic heterocycles. The third-order valence-corrected chi connectivity index (χ3v) is 4.53. The number of carbonyl (C=O) groups is 1. The van der Waals surface area contributed by atoms with Crippen LogP contribution in [0.4, 0.5) is 13.2 Å². The van der Waals surface area contributed by atoms with Gasteiger partial charge >= 0.3 is 6.18 Å². The largest absolute Gasteiger partial charge is 0.433 e. The van der Waals surface area contributed by atoms with Crippen molar-refractivity contribution in [1.82, 2.24) is 20.1 Å². The van der Waals surface area contributed by atoms with Crippen molar-refractivity contribution in [1.29, 1.82) is 0 Å². The number of carbonyl (C=O) groups excluding carboxylic acids is 1. The second kappa shape index (κ2) is 8.81. The van der Waals surface area contributed by atoms with Crippen LogP contribution < -0.4 is 5.32 Å². The van der Waals surface area contributed by atoms with Crippen molar-refractivity contribution in [3.05, 3.63) is 58.9 Å². The van der Waals surface area contributed by atoms with Gasteiger partial charge in [-0.3, -0.25) is 14.5 Å². The molecule has 0 saturated heterocycles. The van der Waals surface area contributed by atoms with Crippen molar-refractivity contribution >= 4 is 17.2 Å². The molecule has 3 aromatic heterocycles. The molecule has 3 rings (SSSR count). The Bertz CT molecular complexity index is 888. The van der Waals surface area contributed by atoms with E-state index in [1.807, 2.05) is 19.9 Å². The molecule has 1 N–H and O–H groups in total. The van der Waals surface area contributed by atoms with Gasteiger partial charge in [0.05, 0.1) is 9.75 Å². The third-order valence-electron chi connectivity index (χ3n) is 3.43. The molecule has 0 atom stereocenters. The number of aromatic nitrogens is 3. The van der Waals surface area contributed by atoms with Gasteiger partial charge in [-0.05, 0) is 29.8 Å². The van der Waals surface area contributed by atoms with Gasteiger partial charge in [0, 0.05) is 26.0 Å². The summed E-state index contributed by atoms with van der Waals surface area (Å²) in [5.41, 5.74) is 0.205. The van der Waals surface area contributed by atoms with Gasteiger partial charge in [-0.1, -0.05) is 19.9 Å². The molecule has 0 bridgehead atoms. The molecule has 144 valence electrons. The Kier molecular flexibility index (Phi) is 6.73. The maximum Gasteiger partial charge on any atom is 0.433 e. The van der Waals surface area contributed by atoms with E-state index in [1.165, 1.54) is 7.05 Å². The minimum Gasteiger partial charge on any atom is -0.347 e. The summed E-state index contributed by atoms with van der Waals surface area (Å²) < 4.78 is 39.3. The zero-order valence-corrected chi connectivity index (χ0v) is 15.9. The summed E-state index contributed by atoms with van der Waals surface area (Å²) in [6.45, 7) is 4.32. The predicted molar refractivity (Wildman–Crippen MR) is 98.3 cm³/mol. The molecule has 0 aliphatic rings. The van der Waals surface area contributed by atoms with E-state index in [-0.39, 0.29) is 11.6 Å². The lowest BCUT2D eigenvalue weighted by atomic mass is 10.3. The molecular formula is C18H19F3N4OS. The van der Waals surface area contributed by atoms with E-state index < -0.39 is 11.9 Å². The average molecular weight is 396 g/mol. The van der Waals surface area contributed by atoms with Gasteiger partial charge in [0.2, 0.25) is 0 Å². The number of nitrogens with one attached hydrogen (secondary N) is 1. The zero-order chi connectivity index (χ0) is 20.0. The van der Waals surface area contributed by atoms with Gasteiger partial charge < -0.3 is 5.32 Å². The van der Waals surface area contributed by atoms with Crippen LogP contribution in [0.1, 0.15) is 34.8 Å². The number of aryl methyl sites for hydroxylation is 1. The third kappa shape index (κ3) is 5.16. The molecular weight excluding hydrogens is 377 g/mol. The normalized spacial score (nSPS) is 10.9. The van der Waals surface area contributed by atoms with Crippen molar-refractivity contribution in [2.24, 2.45) is 7.05 Å². The van der Waals surface area contributed by atoms with Gasteiger partial charge in [0.15, 0.2) is 0 Å². The first-order valence-corrected chi connectivity index (χ1v) is 9.05. The number of halogens is 3. The summed E-state index contributed by atoms with van der Waals surface area (Å²) in [7, 11) is 1.24. The molecule has 0 fully saturated rings. The summed E-state index contributed by atoms with van der Waals surface area (Å²) >= 11 is 1.09. The van der Waals surface area contributed by atoms with Gasteiger partial charge in [-0.15, -0.1) is 11.3 Å². The number of alkyl halides is 3. The Balaban J connectivity index is 0.00000126. The van der Waals surface area contributed by atoms with Crippen LogP contribution >= 0.6 is 11.3 Å². The Morgan fingerprint density at radius 3 is 2.59 bits per heavy atom. The van der Waals surface area contributed by atoms with Crippen molar-refractivity contribution in [3.8, 4) is 10.6 Å². The summed E-state index contributed by atoms with van der Waals surface area (Å²) in [5, 5.41) is 6.63. The van der Waals surface area contributed by atoms with E-state index in [0.29, 0.717) is 16.3 Å². The Labute approximate surface area is 158 Å². The lowest BCUT2D eigenvalue weighted by Crippen LogP contribution is -2.21. The van der Waals surface area contributed by atoms with E-state index in [9.17, 15) is 18.0 Å². The average Bonchev–Trinajstić information content (AvgIpc) is 3.29. The summed E-state index contributed by atoms with van der Waals surface area (Å²) in [4.78, 5) is 17.0. The van der Waals surface area contributed by atoms with E-state index in [1.54, 1.807) is 30.6 Å². The van der Waals surface area contributed by atoms with Crippen LogP contribution in [0.5, 0.6) is 0 Å². The minimum atomic E-state index is -4.47. The molecule has 0 aliphatic carbocycles. The fourth-order valence-electron chi connectivity index (χ4n) is 2.22. The first kappa shape index (κ1) is 20.6. The molecule has 3 aromatic rings. The number of nitrogens with zero attached hydrogens (tertiary/aromatic N) is 3. The minimum absolute atomic E-state index is 0.186. The number of pyridine rings is 1. The molecule has 0 spiro atoms. The standard InChI is InChI=1S/C16H13F3N4OS.C2H6/c1-23-14(16(17,18)19)7-11(22-23)12-4-5-13(25-12)15(24)21-9-10-3-2-6-20-8-10;1-2/h2-8H,9H2,1H3,(H,21,24);1-2H3. The van der Waals surface area contributed by atoms with E-state index in [2.05, 4.69) is 15.4 Å². The van der Waals surface area contributed by atoms with Crippen molar-refractivity contribution in [3.63, 3.8) is 0 Å². The fourth-order valence-corrected chi connectivity index (χ4v) is 3.10. The Morgan fingerprint density at radius 1 is 1.26 bits per heavy atom. The highest BCUT2D eigenvalue weighted by Gasteiger charge is 2.35. The highest BCUT2D eigenvalue weighted by atomic mass is 32.1. The summed E-state index contributed by atoms with van der Waals surface area (Å²) in [6, 6.07) is 7.74. The van der Waals surface area contributed by atoms with E-state index in [0.717, 1.165) is 27.6 Å². The topological polar surface area (TPSA) is 59.8 Å². The molecule has 5 nitrogen and oxygen atoms in total. The fraction of sp³-hybridized carbons (Fsp3) is 0.278. The number of hydrogen-bond donors (Lipinski definition) is 1. The number of thiophene rings is 1. The van der Waals surface area contributed by atoms with E-state index >= 15 is 0 Å². The lowest BCUT2D eigenvalue weighted by Gasteiger charge is -2.04. The van der Waals surface area contributed by atoms with Gasteiger partial charge in [0.1, 0.15) is 11.4 Å². The van der Waals surface area contributed by atoms with Crippen LogP contribution in [0.15, 0.2) is 42.7 Å². The lowest BCUT2D eigenvalue weighted by molar-refractivity contribution is -0.143. The molecule has 27 heavy (non-hydrogen) atoms. The second-order valence-corrected chi connectivity index (χ2v) is 6.33. The van der Waals surface area contributed by atoms with Gasteiger partial charge in [-0.25, -0.2) is 0 Å². The quantitative estimate of drug-likeness (QED) is 0.705. The van der Waals surface area contributed by atoms with Crippen LogP contribution in [-0.2, 0) is 19.8 Å². The number of rotatable bonds is 4. The van der Waals surface area contributed by atoms with Crippen LogP contribution in [0.3, 0.4) is 0 Å². The molecule has 0 radical (unpaired) electrons. The first-order valence-electron chi connectivity index (χ1n) is 8.23. The maximum absolute atomic E-state index is 12.8. The molecule has 9 heteroatoms. The zero-order valence-electron chi connectivity index (χ0n) is 15.0. The Hall–Kier alpha value is -2.68. The highest BCUT2D eigenvalue weighted by Crippen LogP contribution is 2.34. The number of hydrogen-bond acceptors (Lipinski definition) is 4. The van der Waals surface area contributed by atoms with Crippen molar-refractivity contribution in [2.75, 3.05) is 0 Å². The van der Waals surface area contributed by atoms with Crippen LogP contribution in [0.2, 0.25) is 0 Å². The maximum atomic E-state index is 12.8. The summed E-state index contributed by atoms with van der Waals surface area (Å²) in [5.74, 6) is -0.299. The van der Waals surface area contributed by atoms with Crippen LogP contribution in [0, 0.1) is 0 Å². The van der Waals surface area contributed by atoms with E-state index in [4.69, 9.17) is 0 Å². The molecule has 3 heterocycles. The molecule has 0 unspecified atom stereocenters. The predicted octanol–water partition coefficient (Wildman–Crippen LogP) is 4.52. The van der Waals surface area contributed by atoms with Crippen LogP contribution in [0.25, 0.3) is 10.6 Å². The first-order chi connectivity index (χ1) is 12.8. The summed E-state index contributed by atoms with van der Waals surface area (Å²) in [6.07, 6.45) is -1.19. The van der Waals surface area contributed by atoms with Gasteiger partial charge in [-0.2, -0.15) is 18.3 Å². The smallest absolute Gasteiger partial charge is 0.347 e.